The van der Waals surface area contributed by atoms with E-state index in [-0.39, 0.29) is 18.0 Å². The van der Waals surface area contributed by atoms with Crippen molar-refractivity contribution < 1.29 is 28.4 Å². The quantitative estimate of drug-likeness (QED) is 0.150. The summed E-state index contributed by atoms with van der Waals surface area (Å²) < 4.78 is 16.8. The fourth-order valence-corrected chi connectivity index (χ4v) is 4.53. The van der Waals surface area contributed by atoms with Crippen LogP contribution in [0.2, 0.25) is 5.02 Å². The molecule has 0 aliphatic heterocycles. The topological polar surface area (TPSA) is 146 Å². The standard InChI is InChI=1S/C33H39ClN4O6/c1-19-28(30(44-38-19)26(16-27(39)42-32(2,3)4)37-31(41)43-33(5,6)7)24-14-11-21(22(17-35)18-36-8)15-25(24)29(40)20-9-12-23(34)13-10-20/h9-15,17-18,26H,16,35H2,1-8H3,(H,37,41)/t26-/m0/s1. The second-order valence-corrected chi connectivity index (χ2v) is 12.5. The number of hydrogen-bond donors (Lipinski definition) is 2. The number of hydrogen-bond acceptors (Lipinski definition) is 9. The fraction of sp³-hybridized carbons (Fsp3) is 0.364. The molecular formula is C33H39ClN4O6. The molecule has 11 heteroatoms. The number of rotatable bonds is 9. The molecule has 0 aliphatic rings. The minimum absolute atomic E-state index is 0.154. The van der Waals surface area contributed by atoms with E-state index in [0.717, 1.165) is 0 Å². The van der Waals surface area contributed by atoms with E-state index in [1.165, 1.54) is 6.20 Å². The zero-order valence-electron chi connectivity index (χ0n) is 26.3. The van der Waals surface area contributed by atoms with Crippen LogP contribution in [0.1, 0.15) is 86.9 Å². The molecule has 0 spiro atoms. The first-order chi connectivity index (χ1) is 20.5. The number of aryl methyl sites for hydroxylation is 1. The Hall–Kier alpha value is -4.44. The molecule has 3 N–H and O–H groups in total. The molecule has 0 aliphatic carbocycles. The van der Waals surface area contributed by atoms with Gasteiger partial charge in [0.15, 0.2) is 11.5 Å². The average molecular weight is 623 g/mol. The number of aromatic nitrogens is 1. The number of carbonyl (C=O) groups excluding carboxylic acids is 3. The Bertz CT molecular complexity index is 1550. The molecule has 1 amide bonds. The minimum Gasteiger partial charge on any atom is -0.460 e. The van der Waals surface area contributed by atoms with Crippen LogP contribution in [-0.2, 0) is 14.3 Å². The molecule has 1 heterocycles. The molecule has 1 aromatic heterocycles. The third kappa shape index (κ3) is 9.03. The van der Waals surface area contributed by atoms with Crippen LogP contribution < -0.4 is 11.1 Å². The summed E-state index contributed by atoms with van der Waals surface area (Å²) in [4.78, 5) is 44.0. The van der Waals surface area contributed by atoms with E-state index >= 15 is 0 Å². The highest BCUT2D eigenvalue weighted by Gasteiger charge is 2.32. The Balaban J connectivity index is 2.23. The molecule has 1 atom stereocenters. The number of halogens is 1. The smallest absolute Gasteiger partial charge is 0.408 e. The van der Waals surface area contributed by atoms with Gasteiger partial charge < -0.3 is 25.0 Å². The first-order valence-corrected chi connectivity index (χ1v) is 14.4. The number of alkyl carbamates (subject to hydrolysis) is 1. The van der Waals surface area contributed by atoms with Crippen molar-refractivity contribution in [1.82, 2.24) is 10.5 Å². The number of allylic oxidation sites excluding steroid dienone is 1. The normalized spacial score (nSPS) is 13.1. The van der Waals surface area contributed by atoms with Crippen LogP contribution in [0.25, 0.3) is 16.7 Å². The van der Waals surface area contributed by atoms with E-state index in [1.807, 2.05) is 0 Å². The maximum Gasteiger partial charge on any atom is 0.408 e. The van der Waals surface area contributed by atoms with E-state index in [4.69, 9.17) is 31.3 Å². The summed E-state index contributed by atoms with van der Waals surface area (Å²) in [5.74, 6) is -0.733. The van der Waals surface area contributed by atoms with Gasteiger partial charge in [-0.25, -0.2) is 4.79 Å². The van der Waals surface area contributed by atoms with Gasteiger partial charge in [0.05, 0.1) is 17.7 Å². The van der Waals surface area contributed by atoms with Gasteiger partial charge in [-0.2, -0.15) is 0 Å². The molecule has 3 aromatic rings. The van der Waals surface area contributed by atoms with Crippen LogP contribution in [0.3, 0.4) is 0 Å². The molecule has 44 heavy (non-hydrogen) atoms. The highest BCUT2D eigenvalue weighted by molar-refractivity contribution is 6.30. The van der Waals surface area contributed by atoms with E-state index in [9.17, 15) is 14.4 Å². The van der Waals surface area contributed by atoms with Gasteiger partial charge in [0.25, 0.3) is 0 Å². The van der Waals surface area contributed by atoms with Gasteiger partial charge in [0.1, 0.15) is 17.2 Å². The number of aliphatic imine (C=N–C) groups is 1. The molecule has 0 saturated heterocycles. The van der Waals surface area contributed by atoms with Crippen LogP contribution in [-0.4, -0.2) is 47.5 Å². The van der Waals surface area contributed by atoms with Crippen molar-refractivity contribution in [3.8, 4) is 11.1 Å². The summed E-state index contributed by atoms with van der Waals surface area (Å²) in [6.45, 7) is 12.1. The fourth-order valence-electron chi connectivity index (χ4n) is 4.40. The van der Waals surface area contributed by atoms with Crippen LogP contribution in [0.5, 0.6) is 0 Å². The Kier molecular flexibility index (Phi) is 10.8. The Morgan fingerprint density at radius 2 is 1.64 bits per heavy atom. The predicted octanol–water partition coefficient (Wildman–Crippen LogP) is 6.83. The number of ketones is 1. The SMILES string of the molecule is CN=CC(=CN)c1ccc(-c2c(C)noc2[C@H](CC(=O)OC(C)(C)C)NC(=O)OC(C)(C)C)c(C(=O)c2ccc(Cl)cc2)c1. The predicted molar refractivity (Wildman–Crippen MR) is 171 cm³/mol. The third-order valence-corrected chi connectivity index (χ3v) is 6.36. The maximum atomic E-state index is 14.0. The molecule has 3 rings (SSSR count). The molecule has 0 unspecified atom stereocenters. The van der Waals surface area contributed by atoms with Crippen LogP contribution >= 0.6 is 11.6 Å². The maximum absolute atomic E-state index is 14.0. The van der Waals surface area contributed by atoms with Crippen molar-refractivity contribution in [2.75, 3.05) is 7.05 Å². The Morgan fingerprint density at radius 1 is 1.02 bits per heavy atom. The summed E-state index contributed by atoms with van der Waals surface area (Å²) >= 11 is 6.08. The zero-order valence-corrected chi connectivity index (χ0v) is 27.0. The first kappa shape index (κ1) is 34.1. The van der Waals surface area contributed by atoms with Gasteiger partial charge in [0.2, 0.25) is 0 Å². The van der Waals surface area contributed by atoms with Crippen molar-refractivity contribution in [2.24, 2.45) is 10.7 Å². The number of ether oxygens (including phenoxy) is 2. The second-order valence-electron chi connectivity index (χ2n) is 12.1. The van der Waals surface area contributed by atoms with Crippen molar-refractivity contribution in [2.45, 2.75) is 72.1 Å². The highest BCUT2D eigenvalue weighted by atomic mass is 35.5. The summed E-state index contributed by atoms with van der Waals surface area (Å²) in [6.07, 6.45) is 1.93. The second kappa shape index (κ2) is 13.9. The lowest BCUT2D eigenvalue weighted by molar-refractivity contribution is -0.155. The molecule has 10 nitrogen and oxygen atoms in total. The van der Waals surface area contributed by atoms with Gasteiger partial charge in [-0.3, -0.25) is 14.6 Å². The lowest BCUT2D eigenvalue weighted by Crippen LogP contribution is -2.36. The van der Waals surface area contributed by atoms with Crippen LogP contribution in [0.4, 0.5) is 4.79 Å². The van der Waals surface area contributed by atoms with Crippen LogP contribution in [0.15, 0.2) is 58.2 Å². The summed E-state index contributed by atoms with van der Waals surface area (Å²) in [5.41, 5.74) is 7.57. The number of benzene rings is 2. The molecular weight excluding hydrogens is 584 g/mol. The lowest BCUT2D eigenvalue weighted by Gasteiger charge is -2.24. The summed E-state index contributed by atoms with van der Waals surface area (Å²) in [6, 6.07) is 10.7. The van der Waals surface area contributed by atoms with Gasteiger partial charge in [0, 0.05) is 41.2 Å². The van der Waals surface area contributed by atoms with E-state index in [1.54, 1.807) is 104 Å². The molecule has 0 fully saturated rings. The van der Waals surface area contributed by atoms with E-state index in [0.29, 0.717) is 44.1 Å². The molecule has 234 valence electrons. The Morgan fingerprint density at radius 3 is 2.20 bits per heavy atom. The highest BCUT2D eigenvalue weighted by Crippen LogP contribution is 2.37. The number of nitrogens with one attached hydrogen (secondary N) is 1. The van der Waals surface area contributed by atoms with Crippen molar-refractivity contribution in [3.05, 3.63) is 81.8 Å². The number of amides is 1. The number of esters is 1. The van der Waals surface area contributed by atoms with Crippen molar-refractivity contribution >= 4 is 41.2 Å². The van der Waals surface area contributed by atoms with Crippen molar-refractivity contribution in [1.29, 1.82) is 0 Å². The Labute approximate surface area is 262 Å². The van der Waals surface area contributed by atoms with Crippen LogP contribution in [0, 0.1) is 6.92 Å². The molecule has 0 radical (unpaired) electrons. The molecule has 2 aromatic carbocycles. The van der Waals surface area contributed by atoms with Gasteiger partial charge >= 0.3 is 12.1 Å². The summed E-state index contributed by atoms with van der Waals surface area (Å²) in [5, 5.41) is 7.38. The van der Waals surface area contributed by atoms with E-state index < -0.39 is 29.3 Å². The zero-order chi connectivity index (χ0) is 32.8. The van der Waals surface area contributed by atoms with E-state index in [2.05, 4.69) is 15.5 Å². The number of nitrogens with zero attached hydrogens (tertiary/aromatic N) is 2. The minimum atomic E-state index is -1.04. The molecule has 0 bridgehead atoms. The van der Waals surface area contributed by atoms with Crippen molar-refractivity contribution in [3.63, 3.8) is 0 Å². The molecule has 0 saturated carbocycles. The third-order valence-electron chi connectivity index (χ3n) is 6.11. The number of carbonyl (C=O) groups is 3. The lowest BCUT2D eigenvalue weighted by atomic mass is 9.88. The largest absolute Gasteiger partial charge is 0.460 e. The summed E-state index contributed by atoms with van der Waals surface area (Å²) in [7, 11) is 1.62. The van der Waals surface area contributed by atoms with Gasteiger partial charge in [-0.1, -0.05) is 28.9 Å². The van der Waals surface area contributed by atoms with Gasteiger partial charge in [-0.15, -0.1) is 0 Å². The average Bonchev–Trinajstić information content (AvgIpc) is 3.30. The first-order valence-electron chi connectivity index (χ1n) is 14.0. The van der Waals surface area contributed by atoms with Gasteiger partial charge in [-0.05, 0) is 89.9 Å². The monoisotopic (exact) mass is 622 g/mol. The number of nitrogens with two attached hydrogens (primary N) is 1.